The van der Waals surface area contributed by atoms with Gasteiger partial charge in [-0.15, -0.1) is 11.8 Å². The van der Waals surface area contributed by atoms with Gasteiger partial charge in [0.05, 0.1) is 0 Å². The van der Waals surface area contributed by atoms with Crippen molar-refractivity contribution in [2.24, 2.45) is 0 Å². The lowest BCUT2D eigenvalue weighted by atomic mass is 9.92. The molecule has 1 aromatic rings. The number of benzene rings is 1. The third-order valence-electron chi connectivity index (χ3n) is 3.25. The Balaban J connectivity index is 1.85. The number of nitrogens with one attached hydrogen (secondary N) is 1. The van der Waals surface area contributed by atoms with Crippen molar-refractivity contribution in [3.63, 3.8) is 0 Å². The van der Waals surface area contributed by atoms with Gasteiger partial charge in [-0.25, -0.2) is 0 Å². The summed E-state index contributed by atoms with van der Waals surface area (Å²) in [6, 6.07) is 9.67. The van der Waals surface area contributed by atoms with Crippen LogP contribution in [-0.2, 0) is 9.53 Å². The molecule has 104 valence electrons. The number of hydrogen-bond acceptors (Lipinski definition) is 4. The first-order valence-corrected chi connectivity index (χ1v) is 7.31. The number of para-hydroxylation sites is 1. The summed E-state index contributed by atoms with van der Waals surface area (Å²) in [5.74, 6) is -0.199. The third-order valence-corrected chi connectivity index (χ3v) is 4.73. The van der Waals surface area contributed by atoms with Gasteiger partial charge in [0.1, 0.15) is 12.6 Å². The molecule has 1 N–H and O–H groups in total. The number of hydrogen-bond donors (Lipinski definition) is 1. The minimum Gasteiger partial charge on any atom is -0.458 e. The Morgan fingerprint density at radius 3 is 2.32 bits per heavy atom. The number of thioether (sulfide) groups is 1. The van der Waals surface area contributed by atoms with E-state index < -0.39 is 0 Å². The van der Waals surface area contributed by atoms with E-state index in [-0.39, 0.29) is 28.1 Å². The average molecular weight is 279 g/mol. The monoisotopic (exact) mass is 279 g/mol. The van der Waals surface area contributed by atoms with Gasteiger partial charge in [0.25, 0.3) is 0 Å². The van der Waals surface area contributed by atoms with Crippen molar-refractivity contribution in [2.45, 2.75) is 43.3 Å². The molecule has 1 aromatic carbocycles. The molecule has 1 heterocycles. The van der Waals surface area contributed by atoms with Crippen LogP contribution in [0.1, 0.15) is 27.7 Å². The molecule has 3 nitrogen and oxygen atoms in total. The Morgan fingerprint density at radius 2 is 1.79 bits per heavy atom. The Kier molecular flexibility index (Phi) is 3.81. The van der Waals surface area contributed by atoms with Crippen molar-refractivity contribution in [2.75, 3.05) is 11.9 Å². The lowest BCUT2D eigenvalue weighted by molar-refractivity contribution is -0.151. The fourth-order valence-electron chi connectivity index (χ4n) is 2.75. The summed E-state index contributed by atoms with van der Waals surface area (Å²) in [4.78, 5) is 11.9. The van der Waals surface area contributed by atoms with Crippen LogP contribution in [0.3, 0.4) is 0 Å². The first kappa shape index (κ1) is 14.3. The van der Waals surface area contributed by atoms with Gasteiger partial charge in [0.15, 0.2) is 0 Å². The fraction of sp³-hybridized carbons (Fsp3) is 0.533. The number of esters is 1. The zero-order valence-corrected chi connectivity index (χ0v) is 12.7. The molecule has 0 atom stereocenters. The van der Waals surface area contributed by atoms with Gasteiger partial charge < -0.3 is 10.1 Å². The van der Waals surface area contributed by atoms with E-state index in [1.54, 1.807) is 0 Å². The van der Waals surface area contributed by atoms with E-state index in [0.717, 1.165) is 5.69 Å². The van der Waals surface area contributed by atoms with Crippen molar-refractivity contribution in [1.29, 1.82) is 0 Å². The standard InChI is InChI=1S/C15H21NO2S/c1-14(2)13(15(3,4)19-14)18-12(17)10-16-11-8-6-5-7-9-11/h5-9,13,16H,10H2,1-4H3. The van der Waals surface area contributed by atoms with Gasteiger partial charge in [0, 0.05) is 15.2 Å². The molecule has 0 spiro atoms. The van der Waals surface area contributed by atoms with Gasteiger partial charge in [-0.05, 0) is 39.8 Å². The van der Waals surface area contributed by atoms with Crippen LogP contribution in [0.4, 0.5) is 5.69 Å². The molecular weight excluding hydrogens is 258 g/mol. The highest BCUT2D eigenvalue weighted by atomic mass is 32.2. The second-order valence-corrected chi connectivity index (χ2v) is 8.21. The highest BCUT2D eigenvalue weighted by molar-refractivity contribution is 8.03. The average Bonchev–Trinajstić information content (AvgIpc) is 2.33. The minimum absolute atomic E-state index is 0.00586. The molecule has 1 saturated heterocycles. The number of carbonyl (C=O) groups excluding carboxylic acids is 1. The zero-order chi connectivity index (χ0) is 14.1. The highest BCUT2D eigenvalue weighted by Gasteiger charge is 2.56. The first-order valence-electron chi connectivity index (χ1n) is 6.50. The first-order chi connectivity index (χ1) is 8.81. The summed E-state index contributed by atoms with van der Waals surface area (Å²) >= 11 is 1.85. The van der Waals surface area contributed by atoms with Crippen LogP contribution in [-0.4, -0.2) is 28.1 Å². The molecule has 0 bridgehead atoms. The third kappa shape index (κ3) is 3.24. The molecule has 4 heteroatoms. The number of rotatable bonds is 4. The lowest BCUT2D eigenvalue weighted by Gasteiger charge is -2.55. The predicted octanol–water partition coefficient (Wildman–Crippen LogP) is 3.31. The molecule has 2 rings (SSSR count). The van der Waals surface area contributed by atoms with E-state index >= 15 is 0 Å². The second kappa shape index (κ2) is 5.08. The lowest BCUT2D eigenvalue weighted by Crippen LogP contribution is -2.61. The maximum Gasteiger partial charge on any atom is 0.325 e. The number of ether oxygens (including phenoxy) is 1. The summed E-state index contributed by atoms with van der Waals surface area (Å²) in [5.41, 5.74) is 0.931. The van der Waals surface area contributed by atoms with Crippen molar-refractivity contribution in [3.8, 4) is 0 Å². The topological polar surface area (TPSA) is 38.3 Å². The summed E-state index contributed by atoms with van der Waals surface area (Å²) in [6.07, 6.45) is -0.0323. The van der Waals surface area contributed by atoms with Crippen molar-refractivity contribution >= 4 is 23.4 Å². The molecule has 0 radical (unpaired) electrons. The molecule has 0 unspecified atom stereocenters. The molecule has 1 aliphatic rings. The van der Waals surface area contributed by atoms with Crippen LogP contribution in [0.5, 0.6) is 0 Å². The van der Waals surface area contributed by atoms with Gasteiger partial charge in [0.2, 0.25) is 0 Å². The summed E-state index contributed by atoms with van der Waals surface area (Å²) < 4.78 is 5.63. The van der Waals surface area contributed by atoms with Crippen LogP contribution >= 0.6 is 11.8 Å². The van der Waals surface area contributed by atoms with Crippen molar-refractivity contribution in [3.05, 3.63) is 30.3 Å². The molecule has 0 amide bonds. The molecule has 1 aliphatic heterocycles. The Morgan fingerprint density at radius 1 is 1.21 bits per heavy atom. The van der Waals surface area contributed by atoms with Crippen molar-refractivity contribution in [1.82, 2.24) is 0 Å². The molecule has 0 saturated carbocycles. The normalized spacial score (nSPS) is 20.4. The van der Waals surface area contributed by atoms with E-state index in [1.165, 1.54) is 0 Å². The van der Waals surface area contributed by atoms with Gasteiger partial charge in [-0.2, -0.15) is 0 Å². The number of anilines is 1. The van der Waals surface area contributed by atoms with Crippen LogP contribution in [0.25, 0.3) is 0 Å². The molecule has 0 aromatic heterocycles. The quantitative estimate of drug-likeness (QED) is 0.858. The molecule has 19 heavy (non-hydrogen) atoms. The maximum absolute atomic E-state index is 11.9. The van der Waals surface area contributed by atoms with E-state index in [4.69, 9.17) is 4.74 Å². The Bertz CT molecular complexity index is 442. The molecule has 0 aliphatic carbocycles. The fourth-order valence-corrected chi connectivity index (χ4v) is 4.82. The predicted molar refractivity (Wildman–Crippen MR) is 80.6 cm³/mol. The summed E-state index contributed by atoms with van der Waals surface area (Å²) in [5, 5.41) is 3.07. The molecular formula is C15H21NO2S. The Hall–Kier alpha value is -1.16. The molecule has 1 fully saturated rings. The van der Waals surface area contributed by atoms with Crippen LogP contribution in [0, 0.1) is 0 Å². The van der Waals surface area contributed by atoms with Gasteiger partial charge >= 0.3 is 5.97 Å². The van der Waals surface area contributed by atoms with Crippen LogP contribution < -0.4 is 5.32 Å². The smallest absolute Gasteiger partial charge is 0.325 e. The minimum atomic E-state index is -0.199. The maximum atomic E-state index is 11.9. The second-order valence-electron chi connectivity index (χ2n) is 5.90. The van der Waals surface area contributed by atoms with E-state index in [1.807, 2.05) is 42.1 Å². The zero-order valence-electron chi connectivity index (χ0n) is 11.9. The van der Waals surface area contributed by atoms with Gasteiger partial charge in [-0.3, -0.25) is 4.79 Å². The van der Waals surface area contributed by atoms with E-state index in [2.05, 4.69) is 33.0 Å². The van der Waals surface area contributed by atoms with Crippen LogP contribution in [0.2, 0.25) is 0 Å². The summed E-state index contributed by atoms with van der Waals surface area (Å²) in [6.45, 7) is 8.67. The summed E-state index contributed by atoms with van der Waals surface area (Å²) in [7, 11) is 0. The SMILES string of the molecule is CC1(C)SC(C)(C)C1OC(=O)CNc1ccccc1. The van der Waals surface area contributed by atoms with E-state index in [0.29, 0.717) is 0 Å². The van der Waals surface area contributed by atoms with Gasteiger partial charge in [-0.1, -0.05) is 18.2 Å². The van der Waals surface area contributed by atoms with Crippen LogP contribution in [0.15, 0.2) is 30.3 Å². The number of carbonyl (C=O) groups is 1. The highest BCUT2D eigenvalue weighted by Crippen LogP contribution is 2.56. The Labute approximate surface area is 119 Å². The van der Waals surface area contributed by atoms with E-state index in [9.17, 15) is 4.79 Å². The largest absolute Gasteiger partial charge is 0.458 e. The van der Waals surface area contributed by atoms with Crippen molar-refractivity contribution < 1.29 is 9.53 Å².